The number of hydrogen-bond acceptors (Lipinski definition) is 1. The van der Waals surface area contributed by atoms with E-state index in [0.29, 0.717) is 21.5 Å². The summed E-state index contributed by atoms with van der Waals surface area (Å²) in [6, 6.07) is 9.86. The van der Waals surface area contributed by atoms with Crippen LogP contribution in [-0.4, -0.2) is 17.4 Å². The second kappa shape index (κ2) is 9.19. The van der Waals surface area contributed by atoms with Gasteiger partial charge in [0, 0.05) is 21.9 Å². The zero-order valence-electron chi connectivity index (χ0n) is 16.6. The minimum atomic E-state index is 0.0448. The molecule has 0 aliphatic carbocycles. The standard InChI is InChI=1S/C23H26BrCl2NO/c1-14(2)11-16-7-8-17-15(3)27(10-9-18(17)20(16)13-24)23(28)12-19-21(25)5-4-6-22(19)26/h4-8,14-15H,9-13H2,1-3H3/t15-/m0/s1. The van der Waals surface area contributed by atoms with E-state index in [9.17, 15) is 4.79 Å². The van der Waals surface area contributed by atoms with Gasteiger partial charge in [0.15, 0.2) is 0 Å². The normalized spacial score (nSPS) is 16.4. The number of carbonyl (C=O) groups is 1. The summed E-state index contributed by atoms with van der Waals surface area (Å²) in [5, 5.41) is 1.95. The summed E-state index contributed by atoms with van der Waals surface area (Å²) in [4.78, 5) is 15.0. The fourth-order valence-corrected chi connectivity index (χ4v) is 5.36. The molecule has 1 atom stereocenters. The maximum absolute atomic E-state index is 13.1. The first-order valence-corrected chi connectivity index (χ1v) is 11.6. The topological polar surface area (TPSA) is 20.3 Å². The first-order chi connectivity index (χ1) is 13.3. The van der Waals surface area contributed by atoms with Gasteiger partial charge in [-0.2, -0.15) is 0 Å². The fraction of sp³-hybridized carbons (Fsp3) is 0.435. The number of fused-ring (bicyclic) bond motifs is 1. The van der Waals surface area contributed by atoms with Gasteiger partial charge in [-0.15, -0.1) is 0 Å². The van der Waals surface area contributed by atoms with Crippen molar-refractivity contribution in [1.29, 1.82) is 0 Å². The van der Waals surface area contributed by atoms with Gasteiger partial charge in [-0.05, 0) is 65.6 Å². The van der Waals surface area contributed by atoms with Crippen LogP contribution in [0.5, 0.6) is 0 Å². The number of hydrogen-bond donors (Lipinski definition) is 0. The lowest BCUT2D eigenvalue weighted by Gasteiger charge is -2.37. The third kappa shape index (κ3) is 4.42. The van der Waals surface area contributed by atoms with E-state index in [1.54, 1.807) is 18.2 Å². The molecule has 2 aromatic carbocycles. The maximum Gasteiger partial charge on any atom is 0.227 e. The molecule has 0 spiro atoms. The molecule has 0 saturated carbocycles. The summed E-state index contributed by atoms with van der Waals surface area (Å²) >= 11 is 16.2. The summed E-state index contributed by atoms with van der Waals surface area (Å²) in [6.07, 6.45) is 2.19. The Morgan fingerprint density at radius 2 is 1.86 bits per heavy atom. The Hall–Kier alpha value is -1.03. The molecule has 1 amide bonds. The lowest BCUT2D eigenvalue weighted by atomic mass is 9.85. The lowest BCUT2D eigenvalue weighted by molar-refractivity contribution is -0.133. The fourth-order valence-electron chi connectivity index (χ4n) is 4.13. The van der Waals surface area contributed by atoms with Crippen molar-refractivity contribution in [2.24, 2.45) is 5.92 Å². The van der Waals surface area contributed by atoms with Crippen LogP contribution in [0.3, 0.4) is 0 Å². The molecule has 1 aliphatic rings. The monoisotopic (exact) mass is 481 g/mol. The molecule has 0 fully saturated rings. The molecule has 3 rings (SSSR count). The zero-order chi connectivity index (χ0) is 20.4. The van der Waals surface area contributed by atoms with E-state index in [-0.39, 0.29) is 18.4 Å². The van der Waals surface area contributed by atoms with Crippen molar-refractivity contribution in [1.82, 2.24) is 4.90 Å². The molecule has 0 bridgehead atoms. The maximum atomic E-state index is 13.1. The van der Waals surface area contributed by atoms with Crippen molar-refractivity contribution in [2.45, 2.75) is 51.4 Å². The molecule has 0 unspecified atom stereocenters. The highest BCUT2D eigenvalue weighted by molar-refractivity contribution is 9.08. The molecule has 0 radical (unpaired) electrons. The summed E-state index contributed by atoms with van der Waals surface area (Å²) in [5.41, 5.74) is 6.19. The van der Waals surface area contributed by atoms with E-state index >= 15 is 0 Å². The molecule has 150 valence electrons. The highest BCUT2D eigenvalue weighted by Gasteiger charge is 2.30. The minimum absolute atomic E-state index is 0.0448. The summed E-state index contributed by atoms with van der Waals surface area (Å²) in [7, 11) is 0. The highest BCUT2D eigenvalue weighted by atomic mass is 79.9. The summed E-state index contributed by atoms with van der Waals surface area (Å²) in [6.45, 7) is 7.34. The van der Waals surface area contributed by atoms with Crippen molar-refractivity contribution in [3.63, 3.8) is 0 Å². The Morgan fingerprint density at radius 3 is 2.46 bits per heavy atom. The van der Waals surface area contributed by atoms with Gasteiger partial charge in [0.2, 0.25) is 5.91 Å². The van der Waals surface area contributed by atoms with Crippen LogP contribution >= 0.6 is 39.1 Å². The van der Waals surface area contributed by atoms with Gasteiger partial charge in [0.1, 0.15) is 0 Å². The molecular formula is C23H26BrCl2NO. The first kappa shape index (κ1) is 21.7. The minimum Gasteiger partial charge on any atom is -0.335 e. The second-order valence-corrected chi connectivity index (χ2v) is 9.27. The number of rotatable bonds is 5. The molecule has 2 nitrogen and oxygen atoms in total. The Balaban J connectivity index is 1.86. The Labute approximate surface area is 186 Å². The van der Waals surface area contributed by atoms with E-state index < -0.39 is 0 Å². The number of nitrogens with zero attached hydrogens (tertiary/aromatic N) is 1. The van der Waals surface area contributed by atoms with E-state index in [1.807, 2.05) is 4.90 Å². The van der Waals surface area contributed by atoms with Crippen molar-refractivity contribution < 1.29 is 4.79 Å². The van der Waals surface area contributed by atoms with Crippen LogP contribution in [0.4, 0.5) is 0 Å². The van der Waals surface area contributed by atoms with Crippen LogP contribution in [0, 0.1) is 5.92 Å². The summed E-state index contributed by atoms with van der Waals surface area (Å²) < 4.78 is 0. The highest BCUT2D eigenvalue weighted by Crippen LogP contribution is 2.35. The largest absolute Gasteiger partial charge is 0.335 e. The van der Waals surface area contributed by atoms with Gasteiger partial charge in [0.25, 0.3) is 0 Å². The van der Waals surface area contributed by atoms with E-state index in [4.69, 9.17) is 23.2 Å². The number of alkyl halides is 1. The van der Waals surface area contributed by atoms with Crippen LogP contribution in [0.15, 0.2) is 30.3 Å². The van der Waals surface area contributed by atoms with Crippen molar-refractivity contribution >= 4 is 45.0 Å². The van der Waals surface area contributed by atoms with Crippen LogP contribution in [-0.2, 0) is 29.4 Å². The van der Waals surface area contributed by atoms with Crippen molar-refractivity contribution in [2.75, 3.05) is 6.54 Å². The van der Waals surface area contributed by atoms with E-state index in [0.717, 1.165) is 24.7 Å². The molecule has 1 aliphatic heterocycles. The molecule has 0 N–H and O–H groups in total. The van der Waals surface area contributed by atoms with Crippen molar-refractivity contribution in [3.8, 4) is 0 Å². The molecule has 0 aromatic heterocycles. The molecule has 5 heteroatoms. The average Bonchev–Trinajstić information content (AvgIpc) is 2.64. The smallest absolute Gasteiger partial charge is 0.227 e. The summed E-state index contributed by atoms with van der Waals surface area (Å²) in [5.74, 6) is 0.690. The van der Waals surface area contributed by atoms with Gasteiger partial charge >= 0.3 is 0 Å². The Morgan fingerprint density at radius 1 is 1.18 bits per heavy atom. The van der Waals surface area contributed by atoms with Crippen LogP contribution in [0.25, 0.3) is 0 Å². The van der Waals surface area contributed by atoms with Gasteiger partial charge in [-0.25, -0.2) is 0 Å². The molecule has 0 saturated heterocycles. The quantitative estimate of drug-likeness (QED) is 0.430. The predicted octanol–water partition coefficient (Wildman–Crippen LogP) is 6.78. The second-order valence-electron chi connectivity index (χ2n) is 7.89. The molecular weight excluding hydrogens is 457 g/mol. The average molecular weight is 483 g/mol. The number of carbonyl (C=O) groups excluding carboxylic acids is 1. The van der Waals surface area contributed by atoms with Crippen LogP contribution in [0.1, 0.15) is 54.6 Å². The molecule has 28 heavy (non-hydrogen) atoms. The first-order valence-electron chi connectivity index (χ1n) is 9.75. The molecule has 1 heterocycles. The van der Waals surface area contributed by atoms with E-state index in [2.05, 4.69) is 48.8 Å². The number of benzene rings is 2. The van der Waals surface area contributed by atoms with Gasteiger partial charge in [-0.3, -0.25) is 4.79 Å². The third-order valence-electron chi connectivity index (χ3n) is 5.56. The molecule has 2 aromatic rings. The third-order valence-corrected chi connectivity index (χ3v) is 6.83. The van der Waals surface area contributed by atoms with Gasteiger partial charge in [-0.1, -0.05) is 71.2 Å². The Kier molecular flexibility index (Phi) is 7.12. The van der Waals surface area contributed by atoms with Crippen LogP contribution < -0.4 is 0 Å². The lowest BCUT2D eigenvalue weighted by Crippen LogP contribution is -2.40. The van der Waals surface area contributed by atoms with Gasteiger partial charge < -0.3 is 4.90 Å². The van der Waals surface area contributed by atoms with Gasteiger partial charge in [0.05, 0.1) is 12.5 Å². The zero-order valence-corrected chi connectivity index (χ0v) is 19.7. The van der Waals surface area contributed by atoms with Crippen molar-refractivity contribution in [3.05, 3.63) is 68.2 Å². The van der Waals surface area contributed by atoms with E-state index in [1.165, 1.54) is 22.3 Å². The Bertz CT molecular complexity index is 861. The number of amides is 1. The predicted molar refractivity (Wildman–Crippen MR) is 122 cm³/mol. The number of halogens is 3. The SMILES string of the molecule is CC(C)Cc1ccc2c(c1CBr)CCN(C(=O)Cc1c(Cl)cccc1Cl)[C@H]2C. The van der Waals surface area contributed by atoms with Crippen LogP contribution in [0.2, 0.25) is 10.0 Å².